The van der Waals surface area contributed by atoms with E-state index in [1.807, 2.05) is 0 Å². The molecule has 0 radical (unpaired) electrons. The van der Waals surface area contributed by atoms with Crippen LogP contribution in [0.4, 0.5) is 0 Å². The van der Waals surface area contributed by atoms with Gasteiger partial charge in [0.15, 0.2) is 0 Å². The molecule has 0 heterocycles. The zero-order valence-electron chi connectivity index (χ0n) is 33.8. The molecule has 10 aromatic carbocycles. The standard InChI is InChI=1S/2C26H21.C2H6Si.2ClH.Zr/c2*1-2-6-18-13-22-9-5-10-25(26(22)14-18)23-12-11-21-15-19-7-3-4-8-20(19)16-24(21)17-23;1-3-2;;;/h2*3-5,7-17H,2,6H2,1H3;1-2H3;2*1H;/q2*-1;;;;+2/p-2. The molecule has 0 amide bonds. The van der Waals surface area contributed by atoms with Gasteiger partial charge in [0, 0.05) is 0 Å². The molecule has 10 aromatic rings. The Morgan fingerprint density at radius 3 is 1.16 bits per heavy atom. The topological polar surface area (TPSA) is 0 Å². The predicted octanol–water partition coefficient (Wildman–Crippen LogP) is 17.1. The first kappa shape index (κ1) is 40.5. The molecule has 0 fully saturated rings. The van der Waals surface area contributed by atoms with E-state index in [-0.39, 0.29) is 5.43 Å². The first-order valence-electron chi connectivity index (χ1n) is 20.5. The van der Waals surface area contributed by atoms with Gasteiger partial charge in [0.05, 0.1) is 0 Å². The average molecular weight is 887 g/mol. The summed E-state index contributed by atoms with van der Waals surface area (Å²) in [6.45, 7) is 8.82. The summed E-state index contributed by atoms with van der Waals surface area (Å²) in [7, 11) is 11.2. The monoisotopic (exact) mass is 884 g/mol. The maximum atomic E-state index is 5.62. The third-order valence-corrected chi connectivity index (χ3v) is 30.9. The van der Waals surface area contributed by atoms with Gasteiger partial charge in [-0.1, -0.05) is 123 Å². The van der Waals surface area contributed by atoms with Crippen LogP contribution in [0.15, 0.2) is 170 Å². The second-order valence-corrected chi connectivity index (χ2v) is 38.6. The van der Waals surface area contributed by atoms with Gasteiger partial charge in [-0.2, -0.15) is 12.1 Å². The molecule has 0 aliphatic carbocycles. The van der Waals surface area contributed by atoms with Crippen molar-refractivity contribution in [1.29, 1.82) is 0 Å². The van der Waals surface area contributed by atoms with Crippen molar-refractivity contribution in [3.63, 3.8) is 0 Å². The summed E-state index contributed by atoms with van der Waals surface area (Å²) in [5.74, 6) is 0. The molecule has 0 bridgehead atoms. The Morgan fingerprint density at radius 2 is 0.793 bits per heavy atom. The molecule has 10 rings (SSSR count). The van der Waals surface area contributed by atoms with E-state index in [0.29, 0.717) is 0 Å². The van der Waals surface area contributed by atoms with E-state index in [0.717, 1.165) is 12.8 Å². The molecular formula is C54H48Cl2SiZr-2. The van der Waals surface area contributed by atoms with Crippen LogP contribution in [0.5, 0.6) is 0 Å². The van der Waals surface area contributed by atoms with Crippen LogP contribution in [0, 0.1) is 0 Å². The molecule has 0 nitrogen and oxygen atoms in total. The van der Waals surface area contributed by atoms with Crippen molar-refractivity contribution in [2.75, 3.05) is 0 Å². The summed E-state index contributed by atoms with van der Waals surface area (Å²) in [5.41, 5.74) is 7.93. The molecule has 0 aliphatic rings. The van der Waals surface area contributed by atoms with Gasteiger partial charge >= 0.3 is 53.5 Å². The van der Waals surface area contributed by atoms with Crippen LogP contribution in [0.3, 0.4) is 0 Å². The van der Waals surface area contributed by atoms with Crippen LogP contribution < -0.4 is 0 Å². The van der Waals surface area contributed by atoms with Crippen LogP contribution >= 0.6 is 17.0 Å². The van der Waals surface area contributed by atoms with Gasteiger partial charge in [0.2, 0.25) is 0 Å². The van der Waals surface area contributed by atoms with Crippen LogP contribution in [0.2, 0.25) is 13.1 Å². The fourth-order valence-corrected chi connectivity index (χ4v) is 8.18. The van der Waals surface area contributed by atoms with Crippen molar-refractivity contribution >= 4 is 87.1 Å². The third kappa shape index (κ3) is 8.97. The third-order valence-electron chi connectivity index (χ3n) is 11.1. The maximum absolute atomic E-state index is 5.62. The minimum absolute atomic E-state index is 0.224. The zero-order valence-corrected chi connectivity index (χ0v) is 38.7. The second kappa shape index (κ2) is 18.3. The number of halogens is 2. The Balaban J connectivity index is 0.000000142. The summed E-state index contributed by atoms with van der Waals surface area (Å²) in [4.78, 5) is 0. The Labute approximate surface area is 358 Å². The molecule has 288 valence electrons. The molecule has 0 saturated carbocycles. The Hall–Kier alpha value is -4.30. The van der Waals surface area contributed by atoms with Crippen molar-refractivity contribution in [2.24, 2.45) is 0 Å². The quantitative estimate of drug-likeness (QED) is 0.0887. The van der Waals surface area contributed by atoms with Crippen molar-refractivity contribution in [1.82, 2.24) is 0 Å². The van der Waals surface area contributed by atoms with E-state index in [1.165, 1.54) is 111 Å². The van der Waals surface area contributed by atoms with Crippen molar-refractivity contribution in [2.45, 2.75) is 52.6 Å². The van der Waals surface area contributed by atoms with Gasteiger partial charge in [-0.05, 0) is 103 Å². The summed E-state index contributed by atoms with van der Waals surface area (Å²) in [6.07, 6.45) is 4.68. The SMILES string of the molecule is CCCc1cc2c(-c3ccc4cc5ccccc5cc4c3)cccc2[cH-]1.CCCc1cc2c(-c3ccc4cc5ccccc5cc4c3)cccc2[cH-]1.C[Si](C)=[Zr]([Cl])[Cl]. The van der Waals surface area contributed by atoms with Crippen LogP contribution in [0.25, 0.3) is 86.9 Å². The van der Waals surface area contributed by atoms with Gasteiger partial charge < -0.3 is 0 Å². The molecule has 0 N–H and O–H groups in total. The molecule has 0 atom stereocenters. The van der Waals surface area contributed by atoms with E-state index in [4.69, 9.17) is 17.0 Å². The van der Waals surface area contributed by atoms with E-state index < -0.39 is 18.0 Å². The number of aryl methyl sites for hydroxylation is 2. The Kier molecular flexibility index (Phi) is 12.8. The van der Waals surface area contributed by atoms with Crippen LogP contribution in [-0.4, -0.2) is 5.43 Å². The zero-order chi connectivity index (χ0) is 40.2. The first-order valence-corrected chi connectivity index (χ1v) is 33.0. The summed E-state index contributed by atoms with van der Waals surface area (Å²) >= 11 is -1.65. The molecule has 0 unspecified atom stereocenters. The number of hydrogen-bond donors (Lipinski definition) is 0. The number of rotatable bonds is 6. The molecular weight excluding hydrogens is 839 g/mol. The average Bonchev–Trinajstić information content (AvgIpc) is 3.86. The van der Waals surface area contributed by atoms with Crippen molar-refractivity contribution in [3.8, 4) is 22.3 Å². The molecule has 0 spiro atoms. The number of hydrogen-bond acceptors (Lipinski definition) is 0. The Morgan fingerprint density at radius 1 is 0.431 bits per heavy atom. The van der Waals surface area contributed by atoms with Gasteiger partial charge in [-0.15, -0.1) is 69.1 Å². The predicted molar refractivity (Wildman–Crippen MR) is 257 cm³/mol. The van der Waals surface area contributed by atoms with Gasteiger partial charge in [0.1, 0.15) is 0 Å². The van der Waals surface area contributed by atoms with E-state index >= 15 is 0 Å². The fraction of sp³-hybridized carbons (Fsp3) is 0.148. The first-order chi connectivity index (χ1) is 28.3. The molecule has 0 saturated heterocycles. The van der Waals surface area contributed by atoms with E-state index in [9.17, 15) is 0 Å². The van der Waals surface area contributed by atoms with Crippen molar-refractivity contribution in [3.05, 3.63) is 181 Å². The van der Waals surface area contributed by atoms with Gasteiger partial charge in [-0.3, -0.25) is 0 Å². The van der Waals surface area contributed by atoms with Gasteiger partial charge in [-0.25, -0.2) is 0 Å². The second-order valence-electron chi connectivity index (χ2n) is 15.6. The summed E-state index contributed by atoms with van der Waals surface area (Å²) in [6, 6.07) is 62.8. The molecule has 0 aliphatic heterocycles. The summed E-state index contributed by atoms with van der Waals surface area (Å²) in [5, 5.41) is 15.9. The fourth-order valence-electron chi connectivity index (χ4n) is 8.18. The van der Waals surface area contributed by atoms with Gasteiger partial charge in [0.25, 0.3) is 0 Å². The number of benzene rings is 8. The summed E-state index contributed by atoms with van der Waals surface area (Å²) < 4.78 is 0. The van der Waals surface area contributed by atoms with Crippen LogP contribution in [-0.2, 0) is 30.8 Å². The van der Waals surface area contributed by atoms with E-state index in [2.05, 4.69) is 197 Å². The number of fused-ring (bicyclic) bond motifs is 6. The molecule has 0 aromatic heterocycles. The minimum atomic E-state index is -1.65. The van der Waals surface area contributed by atoms with Crippen molar-refractivity contribution < 1.29 is 18.0 Å². The molecule has 58 heavy (non-hydrogen) atoms. The Bertz CT molecular complexity index is 2870. The van der Waals surface area contributed by atoms with E-state index in [1.54, 1.807) is 0 Å². The molecule has 4 heteroatoms. The van der Waals surface area contributed by atoms with Crippen LogP contribution in [0.1, 0.15) is 37.8 Å². The normalized spacial score (nSPS) is 11.2.